The summed E-state index contributed by atoms with van der Waals surface area (Å²) in [7, 11) is 0. The highest BCUT2D eigenvalue weighted by molar-refractivity contribution is 6.03. The van der Waals surface area contributed by atoms with Crippen LogP contribution in [0.5, 0.6) is 5.75 Å². The van der Waals surface area contributed by atoms with Crippen LogP contribution >= 0.6 is 0 Å². The topological polar surface area (TPSA) is 96.3 Å². The molecule has 2 amide bonds. The van der Waals surface area contributed by atoms with Crippen LogP contribution in [-0.4, -0.2) is 26.5 Å². The fourth-order valence-electron chi connectivity index (χ4n) is 3.60. The van der Waals surface area contributed by atoms with Gasteiger partial charge < -0.3 is 5.11 Å². The molecule has 156 valence electrons. The monoisotopic (exact) mass is 422 g/mol. The van der Waals surface area contributed by atoms with Gasteiger partial charge >= 0.3 is 0 Å². The zero-order valence-corrected chi connectivity index (χ0v) is 16.8. The SMILES string of the molecule is O=C(NNC(=O)c1cc2ccccc2cc1O)c1ccc(-n2cnc3ccccc32)cc1. The summed E-state index contributed by atoms with van der Waals surface area (Å²) in [4.78, 5) is 29.3. The number of aromatic nitrogens is 2. The Morgan fingerprint density at radius 3 is 2.22 bits per heavy atom. The first-order valence-corrected chi connectivity index (χ1v) is 9.95. The van der Waals surface area contributed by atoms with E-state index in [0.29, 0.717) is 5.56 Å². The van der Waals surface area contributed by atoms with Crippen LogP contribution in [0, 0.1) is 0 Å². The molecule has 5 rings (SSSR count). The third-order valence-corrected chi connectivity index (χ3v) is 5.26. The number of hydrogen-bond donors (Lipinski definition) is 3. The molecule has 0 bridgehead atoms. The number of benzene rings is 4. The fraction of sp³-hybridized carbons (Fsp3) is 0. The highest BCUT2D eigenvalue weighted by Gasteiger charge is 2.14. The van der Waals surface area contributed by atoms with Crippen LogP contribution in [0.3, 0.4) is 0 Å². The molecule has 0 saturated carbocycles. The molecule has 4 aromatic carbocycles. The van der Waals surface area contributed by atoms with E-state index in [9.17, 15) is 14.7 Å². The molecule has 7 nitrogen and oxygen atoms in total. The van der Waals surface area contributed by atoms with Crippen molar-refractivity contribution < 1.29 is 14.7 Å². The van der Waals surface area contributed by atoms with Crippen LogP contribution in [0.1, 0.15) is 20.7 Å². The molecule has 0 aliphatic carbocycles. The summed E-state index contributed by atoms with van der Waals surface area (Å²) in [6.07, 6.45) is 1.73. The second kappa shape index (κ2) is 7.88. The zero-order chi connectivity index (χ0) is 22.1. The molecule has 1 aromatic heterocycles. The van der Waals surface area contributed by atoms with Gasteiger partial charge in [-0.15, -0.1) is 0 Å². The quantitative estimate of drug-likeness (QED) is 0.384. The standard InChI is InChI=1S/C25H18N4O3/c30-23-14-18-6-2-1-5-17(18)13-20(23)25(32)28-27-24(31)16-9-11-19(12-10-16)29-15-26-21-7-3-4-8-22(21)29/h1-15,30H,(H,27,31)(H,28,32). The Bertz CT molecular complexity index is 1470. The summed E-state index contributed by atoms with van der Waals surface area (Å²) in [6, 6.07) is 25.2. The van der Waals surface area contributed by atoms with E-state index in [-0.39, 0.29) is 11.3 Å². The number of carbonyl (C=O) groups excluding carboxylic acids is 2. The van der Waals surface area contributed by atoms with E-state index in [2.05, 4.69) is 15.8 Å². The average molecular weight is 422 g/mol. The van der Waals surface area contributed by atoms with E-state index in [1.54, 1.807) is 36.7 Å². The van der Waals surface area contributed by atoms with Crippen LogP contribution in [-0.2, 0) is 0 Å². The Morgan fingerprint density at radius 2 is 1.44 bits per heavy atom. The van der Waals surface area contributed by atoms with E-state index in [4.69, 9.17) is 0 Å². The van der Waals surface area contributed by atoms with Crippen molar-refractivity contribution in [3.8, 4) is 11.4 Å². The molecule has 0 spiro atoms. The first-order valence-electron chi connectivity index (χ1n) is 9.95. The Labute approximate surface area is 182 Å². The summed E-state index contributed by atoms with van der Waals surface area (Å²) in [5.41, 5.74) is 7.90. The lowest BCUT2D eigenvalue weighted by Crippen LogP contribution is -2.41. The van der Waals surface area contributed by atoms with Crippen molar-refractivity contribution in [3.05, 3.63) is 102 Å². The Morgan fingerprint density at radius 1 is 0.781 bits per heavy atom. The molecule has 1 heterocycles. The summed E-state index contributed by atoms with van der Waals surface area (Å²) in [5.74, 6) is -1.24. The molecule has 0 aliphatic heterocycles. The third-order valence-electron chi connectivity index (χ3n) is 5.26. The van der Waals surface area contributed by atoms with Crippen molar-refractivity contribution in [2.24, 2.45) is 0 Å². The lowest BCUT2D eigenvalue weighted by atomic mass is 10.1. The number of para-hydroxylation sites is 2. The first kappa shape index (κ1) is 19.3. The second-order valence-electron chi connectivity index (χ2n) is 7.27. The second-order valence-corrected chi connectivity index (χ2v) is 7.27. The number of imidazole rings is 1. The van der Waals surface area contributed by atoms with Gasteiger partial charge in [0.15, 0.2) is 0 Å². The van der Waals surface area contributed by atoms with Gasteiger partial charge in [-0.2, -0.15) is 0 Å². The van der Waals surface area contributed by atoms with Gasteiger partial charge in [-0.25, -0.2) is 4.98 Å². The third kappa shape index (κ3) is 3.52. The van der Waals surface area contributed by atoms with Crippen LogP contribution < -0.4 is 10.9 Å². The molecule has 0 saturated heterocycles. The van der Waals surface area contributed by atoms with Crippen LogP contribution in [0.2, 0.25) is 0 Å². The van der Waals surface area contributed by atoms with Crippen LogP contribution in [0.4, 0.5) is 0 Å². The van der Waals surface area contributed by atoms with Gasteiger partial charge in [0.05, 0.1) is 16.6 Å². The molecule has 3 N–H and O–H groups in total. The summed E-state index contributed by atoms with van der Waals surface area (Å²) >= 11 is 0. The van der Waals surface area contributed by atoms with Gasteiger partial charge in [-0.3, -0.25) is 25.0 Å². The molecule has 7 heteroatoms. The number of nitrogens with zero attached hydrogens (tertiary/aromatic N) is 2. The van der Waals surface area contributed by atoms with Gasteiger partial charge in [0.2, 0.25) is 0 Å². The van der Waals surface area contributed by atoms with Crippen molar-refractivity contribution in [1.29, 1.82) is 0 Å². The number of rotatable bonds is 3. The predicted octanol–water partition coefficient (Wildman–Crippen LogP) is 3.96. The molecular formula is C25H18N4O3. The maximum atomic E-state index is 12.5. The molecule has 5 aromatic rings. The van der Waals surface area contributed by atoms with E-state index >= 15 is 0 Å². The zero-order valence-electron chi connectivity index (χ0n) is 16.8. The maximum Gasteiger partial charge on any atom is 0.273 e. The minimum Gasteiger partial charge on any atom is -0.507 e. The smallest absolute Gasteiger partial charge is 0.273 e. The van der Waals surface area contributed by atoms with Gasteiger partial charge in [0, 0.05) is 11.3 Å². The lowest BCUT2D eigenvalue weighted by molar-refractivity contribution is 0.0845. The van der Waals surface area contributed by atoms with Gasteiger partial charge in [0.1, 0.15) is 12.1 Å². The van der Waals surface area contributed by atoms with E-state index in [0.717, 1.165) is 27.5 Å². The lowest BCUT2D eigenvalue weighted by Gasteiger charge is -2.10. The number of nitrogens with one attached hydrogen (secondary N) is 2. The van der Waals surface area contributed by atoms with E-state index in [1.165, 1.54) is 6.07 Å². The molecular weight excluding hydrogens is 404 g/mol. The molecule has 0 radical (unpaired) electrons. The fourth-order valence-corrected chi connectivity index (χ4v) is 3.60. The predicted molar refractivity (Wildman–Crippen MR) is 122 cm³/mol. The first-order chi connectivity index (χ1) is 15.6. The Hall–Kier alpha value is -4.65. The van der Waals surface area contributed by atoms with Crippen molar-refractivity contribution in [3.63, 3.8) is 0 Å². The number of amides is 2. The van der Waals surface area contributed by atoms with Crippen LogP contribution in [0.25, 0.3) is 27.5 Å². The van der Waals surface area contributed by atoms with E-state index < -0.39 is 11.8 Å². The minimum absolute atomic E-state index is 0.0753. The molecule has 32 heavy (non-hydrogen) atoms. The van der Waals surface area contributed by atoms with Crippen molar-refractivity contribution in [2.45, 2.75) is 0 Å². The largest absolute Gasteiger partial charge is 0.507 e. The van der Waals surface area contributed by atoms with Crippen molar-refractivity contribution >= 4 is 33.6 Å². The normalized spacial score (nSPS) is 10.9. The average Bonchev–Trinajstić information content (AvgIpc) is 3.26. The summed E-state index contributed by atoms with van der Waals surface area (Å²) < 4.78 is 1.93. The van der Waals surface area contributed by atoms with E-state index in [1.807, 2.05) is 53.1 Å². The summed E-state index contributed by atoms with van der Waals surface area (Å²) in [6.45, 7) is 0. The Kier molecular flexibility index (Phi) is 4.76. The number of phenolic OH excluding ortho intramolecular Hbond substituents is 1. The number of fused-ring (bicyclic) bond motifs is 2. The van der Waals surface area contributed by atoms with Gasteiger partial charge in [-0.1, -0.05) is 36.4 Å². The number of carbonyl (C=O) groups is 2. The van der Waals surface area contributed by atoms with Gasteiger partial charge in [0.25, 0.3) is 11.8 Å². The minimum atomic E-state index is -0.608. The maximum absolute atomic E-state index is 12.5. The van der Waals surface area contributed by atoms with Crippen LogP contribution in [0.15, 0.2) is 91.3 Å². The molecule has 0 fully saturated rings. The highest BCUT2D eigenvalue weighted by Crippen LogP contribution is 2.24. The number of phenols is 1. The summed E-state index contributed by atoms with van der Waals surface area (Å²) in [5, 5.41) is 11.8. The number of hydrogen-bond acceptors (Lipinski definition) is 4. The Balaban J connectivity index is 1.29. The number of hydrazine groups is 1. The highest BCUT2D eigenvalue weighted by atomic mass is 16.3. The number of aromatic hydroxyl groups is 1. The molecule has 0 aliphatic rings. The molecule has 0 unspecified atom stereocenters. The molecule has 0 atom stereocenters. The van der Waals surface area contributed by atoms with Crippen molar-refractivity contribution in [1.82, 2.24) is 20.4 Å². The van der Waals surface area contributed by atoms with Gasteiger partial charge in [-0.05, 0) is 59.3 Å². The van der Waals surface area contributed by atoms with Crippen molar-refractivity contribution in [2.75, 3.05) is 0 Å².